The summed E-state index contributed by atoms with van der Waals surface area (Å²) >= 11 is 5.83. The number of sulfonamides is 1. The molecule has 1 aromatic rings. The van der Waals surface area contributed by atoms with Crippen LogP contribution in [0, 0.1) is 0 Å². The lowest BCUT2D eigenvalue weighted by molar-refractivity contribution is 0.271. The molecule has 0 aromatic heterocycles. The van der Waals surface area contributed by atoms with E-state index in [2.05, 4.69) is 23.5 Å². The van der Waals surface area contributed by atoms with Crippen molar-refractivity contribution < 1.29 is 8.42 Å². The van der Waals surface area contributed by atoms with Gasteiger partial charge in [-0.05, 0) is 52.1 Å². The molecule has 0 atom stereocenters. The summed E-state index contributed by atoms with van der Waals surface area (Å²) in [7, 11) is -1.51. The minimum atomic E-state index is -3.53. The first kappa shape index (κ1) is 17.2. The topological polar surface area (TPSA) is 75.4 Å². The Bertz CT molecular complexity index is 547. The Hall–Kier alpha value is -0.820. The Morgan fingerprint density at radius 3 is 2.60 bits per heavy atom. The van der Waals surface area contributed by atoms with Crippen LogP contribution < -0.4 is 10.5 Å². The van der Waals surface area contributed by atoms with Gasteiger partial charge in [-0.25, -0.2) is 13.1 Å². The summed E-state index contributed by atoms with van der Waals surface area (Å²) in [4.78, 5) is 2.29. The molecule has 0 bridgehead atoms. The summed E-state index contributed by atoms with van der Waals surface area (Å²) in [5.41, 5.74) is 5.93. The number of nitrogens with zero attached hydrogens (tertiary/aromatic N) is 1. The molecule has 0 fully saturated rings. The number of hydrogen-bond donors (Lipinski definition) is 2. The molecule has 0 unspecified atom stereocenters. The van der Waals surface area contributed by atoms with Crippen LogP contribution in [-0.2, 0) is 10.0 Å². The normalized spacial score (nSPS) is 12.3. The monoisotopic (exact) mass is 319 g/mol. The van der Waals surface area contributed by atoms with E-state index < -0.39 is 10.0 Å². The van der Waals surface area contributed by atoms with Gasteiger partial charge >= 0.3 is 0 Å². The summed E-state index contributed by atoms with van der Waals surface area (Å²) in [5, 5.41) is 0.243. The molecule has 0 aliphatic rings. The highest BCUT2D eigenvalue weighted by Crippen LogP contribution is 2.22. The van der Waals surface area contributed by atoms with E-state index >= 15 is 0 Å². The lowest BCUT2D eigenvalue weighted by atomic mass is 10.3. The fourth-order valence-electron chi connectivity index (χ4n) is 1.55. The third-order valence-corrected chi connectivity index (χ3v) is 4.93. The Kier molecular flexibility index (Phi) is 6.26. The molecule has 0 amide bonds. The Morgan fingerprint density at radius 2 is 2.05 bits per heavy atom. The average Bonchev–Trinajstić information content (AvgIpc) is 2.37. The van der Waals surface area contributed by atoms with Gasteiger partial charge in [0.15, 0.2) is 0 Å². The van der Waals surface area contributed by atoms with Crippen molar-refractivity contribution in [2.24, 2.45) is 0 Å². The van der Waals surface area contributed by atoms with Crippen LogP contribution in [0.5, 0.6) is 0 Å². The van der Waals surface area contributed by atoms with Crippen LogP contribution in [0.1, 0.15) is 20.3 Å². The number of nitrogen functional groups attached to an aromatic ring is 1. The molecule has 7 heteroatoms. The van der Waals surface area contributed by atoms with Crippen molar-refractivity contribution in [1.82, 2.24) is 9.62 Å². The van der Waals surface area contributed by atoms with E-state index in [1.54, 1.807) is 0 Å². The number of halogens is 1. The van der Waals surface area contributed by atoms with Crippen molar-refractivity contribution in [3.8, 4) is 0 Å². The predicted octanol–water partition coefficient (Wildman–Crippen LogP) is 1.93. The molecular formula is C13H22ClN3O2S. The average molecular weight is 320 g/mol. The van der Waals surface area contributed by atoms with Crippen molar-refractivity contribution in [1.29, 1.82) is 0 Å². The van der Waals surface area contributed by atoms with E-state index in [1.165, 1.54) is 18.2 Å². The molecule has 20 heavy (non-hydrogen) atoms. The van der Waals surface area contributed by atoms with Gasteiger partial charge < -0.3 is 10.6 Å². The largest absolute Gasteiger partial charge is 0.398 e. The second-order valence-electron chi connectivity index (χ2n) is 5.01. The zero-order valence-corrected chi connectivity index (χ0v) is 13.6. The second kappa shape index (κ2) is 7.26. The smallest absolute Gasteiger partial charge is 0.240 e. The number of anilines is 1. The van der Waals surface area contributed by atoms with Gasteiger partial charge in [0.05, 0.1) is 15.6 Å². The number of hydrogen-bond acceptors (Lipinski definition) is 4. The minimum absolute atomic E-state index is 0.133. The molecule has 0 heterocycles. The molecule has 1 aromatic carbocycles. The lowest BCUT2D eigenvalue weighted by Crippen LogP contribution is -2.31. The zero-order valence-electron chi connectivity index (χ0n) is 12.1. The van der Waals surface area contributed by atoms with Gasteiger partial charge in [0.25, 0.3) is 0 Å². The van der Waals surface area contributed by atoms with E-state index in [0.29, 0.717) is 18.3 Å². The Balaban J connectivity index is 2.56. The molecule has 1 rings (SSSR count). The predicted molar refractivity (Wildman–Crippen MR) is 83.4 cm³/mol. The second-order valence-corrected chi connectivity index (χ2v) is 7.18. The highest BCUT2D eigenvalue weighted by molar-refractivity contribution is 7.89. The molecular weight excluding hydrogens is 298 g/mol. The maximum atomic E-state index is 12.1. The van der Waals surface area contributed by atoms with E-state index in [0.717, 1.165) is 13.0 Å². The third kappa shape index (κ3) is 4.94. The van der Waals surface area contributed by atoms with Gasteiger partial charge in [-0.15, -0.1) is 0 Å². The number of nitrogens with one attached hydrogen (secondary N) is 1. The lowest BCUT2D eigenvalue weighted by Gasteiger charge is -2.20. The molecule has 0 saturated heterocycles. The number of rotatable bonds is 7. The summed E-state index contributed by atoms with van der Waals surface area (Å²) < 4.78 is 26.7. The highest BCUT2D eigenvalue weighted by atomic mass is 35.5. The minimum Gasteiger partial charge on any atom is -0.398 e. The first-order valence-electron chi connectivity index (χ1n) is 6.49. The van der Waals surface area contributed by atoms with Crippen LogP contribution in [0.15, 0.2) is 23.1 Å². The van der Waals surface area contributed by atoms with Gasteiger partial charge in [-0.1, -0.05) is 11.6 Å². The SMILES string of the molecule is CC(C)N(C)CCCNS(=O)(=O)c1ccc(N)c(Cl)c1. The third-order valence-electron chi connectivity index (χ3n) is 3.14. The Labute approximate surface area is 126 Å². The van der Waals surface area contributed by atoms with Gasteiger partial charge in [0, 0.05) is 12.6 Å². The molecule has 0 aliphatic heterocycles. The first-order valence-corrected chi connectivity index (χ1v) is 8.35. The van der Waals surface area contributed by atoms with E-state index in [1.807, 2.05) is 7.05 Å². The van der Waals surface area contributed by atoms with Gasteiger partial charge in [-0.2, -0.15) is 0 Å². The van der Waals surface area contributed by atoms with Crippen molar-refractivity contribution in [2.45, 2.75) is 31.2 Å². The quantitative estimate of drug-likeness (QED) is 0.595. The van der Waals surface area contributed by atoms with Gasteiger partial charge in [0.1, 0.15) is 0 Å². The molecule has 0 aliphatic carbocycles. The molecule has 3 N–H and O–H groups in total. The van der Waals surface area contributed by atoms with Crippen molar-refractivity contribution in [3.05, 3.63) is 23.2 Å². The first-order chi connectivity index (χ1) is 9.24. The zero-order chi connectivity index (χ0) is 15.3. The van der Waals surface area contributed by atoms with Crippen LogP contribution in [0.2, 0.25) is 5.02 Å². The maximum Gasteiger partial charge on any atom is 0.240 e. The number of benzene rings is 1. The van der Waals surface area contributed by atoms with Crippen LogP contribution in [0.4, 0.5) is 5.69 Å². The van der Waals surface area contributed by atoms with E-state index in [-0.39, 0.29) is 9.92 Å². The van der Waals surface area contributed by atoms with Crippen molar-refractivity contribution >= 4 is 27.3 Å². The summed E-state index contributed by atoms with van der Waals surface area (Å²) in [6, 6.07) is 4.75. The maximum absolute atomic E-state index is 12.1. The van der Waals surface area contributed by atoms with Crippen LogP contribution >= 0.6 is 11.6 Å². The van der Waals surface area contributed by atoms with E-state index in [4.69, 9.17) is 17.3 Å². The fourth-order valence-corrected chi connectivity index (χ4v) is 2.90. The van der Waals surface area contributed by atoms with Crippen LogP contribution in [0.3, 0.4) is 0 Å². The molecule has 0 saturated carbocycles. The summed E-state index contributed by atoms with van der Waals surface area (Å²) in [6.07, 6.45) is 0.747. The summed E-state index contributed by atoms with van der Waals surface area (Å²) in [5.74, 6) is 0. The molecule has 114 valence electrons. The van der Waals surface area contributed by atoms with Gasteiger partial charge in [-0.3, -0.25) is 0 Å². The van der Waals surface area contributed by atoms with Gasteiger partial charge in [0.2, 0.25) is 10.0 Å². The molecule has 5 nitrogen and oxygen atoms in total. The molecule has 0 radical (unpaired) electrons. The number of nitrogens with two attached hydrogens (primary N) is 1. The van der Waals surface area contributed by atoms with E-state index in [9.17, 15) is 8.42 Å². The molecule has 0 spiro atoms. The standard InChI is InChI=1S/C13H22ClN3O2S/c1-10(2)17(3)8-4-7-16-20(18,19)11-5-6-13(15)12(14)9-11/h5-6,9-10,16H,4,7-8,15H2,1-3H3. The Morgan fingerprint density at radius 1 is 1.40 bits per heavy atom. The van der Waals surface area contributed by atoms with Crippen molar-refractivity contribution in [3.63, 3.8) is 0 Å². The fraction of sp³-hybridized carbons (Fsp3) is 0.538. The van der Waals surface area contributed by atoms with Crippen LogP contribution in [-0.4, -0.2) is 39.5 Å². The van der Waals surface area contributed by atoms with Crippen LogP contribution in [0.25, 0.3) is 0 Å². The highest BCUT2D eigenvalue weighted by Gasteiger charge is 2.14. The van der Waals surface area contributed by atoms with Crippen molar-refractivity contribution in [2.75, 3.05) is 25.9 Å². The summed E-state index contributed by atoms with van der Waals surface area (Å²) in [6.45, 7) is 5.42.